The van der Waals surface area contributed by atoms with Crippen molar-refractivity contribution in [3.05, 3.63) is 42.2 Å². The number of rotatable bonds is 5. The minimum Gasteiger partial charge on any atom is -0.385 e. The van der Waals surface area contributed by atoms with E-state index in [-0.39, 0.29) is 5.60 Å². The van der Waals surface area contributed by atoms with E-state index in [2.05, 4.69) is 32.1 Å². The highest BCUT2D eigenvalue weighted by Crippen LogP contribution is 2.37. The number of aromatic amines is 1. The van der Waals surface area contributed by atoms with E-state index < -0.39 is 0 Å². The predicted octanol–water partition coefficient (Wildman–Crippen LogP) is 2.60. The first kappa shape index (κ1) is 16.5. The van der Waals surface area contributed by atoms with Crippen LogP contribution in [0.4, 0.5) is 5.69 Å². The second-order valence-corrected chi connectivity index (χ2v) is 7.47. The van der Waals surface area contributed by atoms with E-state index in [4.69, 9.17) is 4.74 Å². The summed E-state index contributed by atoms with van der Waals surface area (Å²) < 4.78 is 6.34. The molecule has 2 aromatic rings. The van der Waals surface area contributed by atoms with E-state index in [1.807, 2.05) is 24.5 Å². The summed E-state index contributed by atoms with van der Waals surface area (Å²) in [5.41, 5.74) is 3.50. The van der Waals surface area contributed by atoms with E-state index in [1.165, 1.54) is 18.5 Å². The van der Waals surface area contributed by atoms with Crippen LogP contribution < -0.4 is 5.32 Å². The van der Waals surface area contributed by atoms with Gasteiger partial charge in [-0.1, -0.05) is 0 Å². The third kappa shape index (κ3) is 3.85. The number of ether oxygens (including phenoxy) is 1. The summed E-state index contributed by atoms with van der Waals surface area (Å²) in [6, 6.07) is 4.03. The summed E-state index contributed by atoms with van der Waals surface area (Å²) in [6.07, 6.45) is 8.96. The molecule has 4 heterocycles. The van der Waals surface area contributed by atoms with Crippen molar-refractivity contribution in [1.82, 2.24) is 19.9 Å². The quantitative estimate of drug-likeness (QED) is 0.875. The van der Waals surface area contributed by atoms with Crippen LogP contribution in [-0.2, 0) is 11.3 Å². The molecule has 6 nitrogen and oxygen atoms in total. The number of nitrogens with one attached hydrogen (secondary N) is 2. The Morgan fingerprint density at radius 3 is 3.08 bits per heavy atom. The SMILES string of the molecule is Cc1[nH]cnc1CN1CCCC2(CC(CNc3ccncc3)CO2)C1. The highest BCUT2D eigenvalue weighted by molar-refractivity contribution is 5.40. The number of hydrogen-bond donors (Lipinski definition) is 2. The highest BCUT2D eigenvalue weighted by atomic mass is 16.5. The maximum absolute atomic E-state index is 6.34. The molecule has 0 radical (unpaired) electrons. The van der Waals surface area contributed by atoms with Crippen molar-refractivity contribution in [2.75, 3.05) is 31.6 Å². The molecule has 2 aliphatic heterocycles. The standard InChI is InChI=1S/C19H27N5O/c1-15-18(23-14-22-15)11-24-8-2-5-19(13-24)9-16(12-25-19)10-21-17-3-6-20-7-4-17/h3-4,6-7,14,16H,2,5,8-13H2,1H3,(H,20,21)(H,22,23). The van der Waals surface area contributed by atoms with E-state index >= 15 is 0 Å². The molecule has 2 fully saturated rings. The van der Waals surface area contributed by atoms with Crippen LogP contribution in [0.25, 0.3) is 0 Å². The third-order valence-electron chi connectivity index (χ3n) is 5.49. The zero-order valence-corrected chi connectivity index (χ0v) is 14.9. The summed E-state index contributed by atoms with van der Waals surface area (Å²) in [4.78, 5) is 14.2. The molecule has 2 N–H and O–H groups in total. The number of H-pyrrole nitrogens is 1. The zero-order valence-electron chi connectivity index (χ0n) is 14.9. The lowest BCUT2D eigenvalue weighted by atomic mass is 9.86. The minimum atomic E-state index is 0.0348. The molecule has 2 aromatic heterocycles. The van der Waals surface area contributed by atoms with Crippen LogP contribution in [0.5, 0.6) is 0 Å². The van der Waals surface area contributed by atoms with Crippen LogP contribution in [0.15, 0.2) is 30.9 Å². The summed E-state index contributed by atoms with van der Waals surface area (Å²) in [6.45, 7) is 6.98. The molecular weight excluding hydrogens is 314 g/mol. The number of aryl methyl sites for hydroxylation is 1. The summed E-state index contributed by atoms with van der Waals surface area (Å²) >= 11 is 0. The number of pyridine rings is 1. The van der Waals surface area contributed by atoms with Gasteiger partial charge in [0.15, 0.2) is 0 Å². The van der Waals surface area contributed by atoms with Crippen LogP contribution in [-0.4, -0.2) is 51.7 Å². The van der Waals surface area contributed by atoms with E-state index in [1.54, 1.807) is 6.33 Å². The Labute approximate surface area is 149 Å². The fraction of sp³-hybridized carbons (Fsp3) is 0.579. The highest BCUT2D eigenvalue weighted by Gasteiger charge is 2.43. The largest absolute Gasteiger partial charge is 0.385 e. The molecule has 0 bridgehead atoms. The Morgan fingerprint density at radius 2 is 2.28 bits per heavy atom. The predicted molar refractivity (Wildman–Crippen MR) is 97.4 cm³/mol. The number of likely N-dealkylation sites (tertiary alicyclic amines) is 1. The molecule has 0 aromatic carbocycles. The van der Waals surface area contributed by atoms with Crippen molar-refractivity contribution >= 4 is 5.69 Å². The first-order chi connectivity index (χ1) is 12.2. The van der Waals surface area contributed by atoms with Gasteiger partial charge in [0.2, 0.25) is 0 Å². The number of nitrogens with zero attached hydrogens (tertiary/aromatic N) is 3. The van der Waals surface area contributed by atoms with Gasteiger partial charge in [-0.25, -0.2) is 4.98 Å². The minimum absolute atomic E-state index is 0.0348. The molecule has 2 unspecified atom stereocenters. The van der Waals surface area contributed by atoms with Crippen molar-refractivity contribution in [2.45, 2.75) is 38.3 Å². The number of imidazole rings is 1. The molecule has 0 aliphatic carbocycles. The van der Waals surface area contributed by atoms with E-state index in [0.717, 1.165) is 50.6 Å². The van der Waals surface area contributed by atoms with Crippen LogP contribution in [0.3, 0.4) is 0 Å². The van der Waals surface area contributed by atoms with Gasteiger partial charge < -0.3 is 15.0 Å². The molecular formula is C19H27N5O. The molecule has 25 heavy (non-hydrogen) atoms. The normalized spacial score (nSPS) is 27.0. The van der Waals surface area contributed by atoms with Gasteiger partial charge in [0.05, 0.1) is 24.2 Å². The van der Waals surface area contributed by atoms with Gasteiger partial charge in [-0.15, -0.1) is 0 Å². The number of hydrogen-bond acceptors (Lipinski definition) is 5. The van der Waals surface area contributed by atoms with Gasteiger partial charge in [0.1, 0.15) is 0 Å². The Morgan fingerprint density at radius 1 is 1.40 bits per heavy atom. The number of aromatic nitrogens is 3. The second-order valence-electron chi connectivity index (χ2n) is 7.47. The first-order valence-electron chi connectivity index (χ1n) is 9.21. The van der Waals surface area contributed by atoms with E-state index in [9.17, 15) is 0 Å². The molecule has 134 valence electrons. The maximum Gasteiger partial charge on any atom is 0.0925 e. The van der Waals surface area contributed by atoms with Crippen LogP contribution in [0.2, 0.25) is 0 Å². The molecule has 2 aliphatic rings. The molecule has 2 atom stereocenters. The molecule has 1 spiro atoms. The lowest BCUT2D eigenvalue weighted by molar-refractivity contribution is -0.0537. The van der Waals surface area contributed by atoms with Gasteiger partial charge in [-0.3, -0.25) is 9.88 Å². The Hall–Kier alpha value is -1.92. The number of anilines is 1. The lowest BCUT2D eigenvalue weighted by Gasteiger charge is -2.39. The third-order valence-corrected chi connectivity index (χ3v) is 5.49. The monoisotopic (exact) mass is 341 g/mol. The van der Waals surface area contributed by atoms with Crippen LogP contribution >= 0.6 is 0 Å². The molecule has 2 saturated heterocycles. The van der Waals surface area contributed by atoms with Gasteiger partial charge in [-0.05, 0) is 44.9 Å². The fourth-order valence-corrected chi connectivity index (χ4v) is 4.17. The topological polar surface area (TPSA) is 66.1 Å². The zero-order chi connectivity index (χ0) is 17.1. The smallest absolute Gasteiger partial charge is 0.0925 e. The van der Waals surface area contributed by atoms with Crippen LogP contribution in [0, 0.1) is 12.8 Å². The maximum atomic E-state index is 6.34. The van der Waals surface area contributed by atoms with E-state index in [0.29, 0.717) is 5.92 Å². The molecule has 4 rings (SSSR count). The van der Waals surface area contributed by atoms with Gasteiger partial charge >= 0.3 is 0 Å². The van der Waals surface area contributed by atoms with Crippen molar-refractivity contribution in [3.63, 3.8) is 0 Å². The van der Waals surface area contributed by atoms with Gasteiger partial charge in [0, 0.05) is 49.3 Å². The summed E-state index contributed by atoms with van der Waals surface area (Å²) in [5.74, 6) is 0.570. The number of piperidine rings is 1. The summed E-state index contributed by atoms with van der Waals surface area (Å²) in [5, 5.41) is 3.52. The molecule has 0 saturated carbocycles. The first-order valence-corrected chi connectivity index (χ1v) is 9.21. The lowest BCUT2D eigenvalue weighted by Crippen LogP contribution is -2.47. The van der Waals surface area contributed by atoms with Crippen LogP contribution in [0.1, 0.15) is 30.7 Å². The van der Waals surface area contributed by atoms with Crippen molar-refractivity contribution < 1.29 is 4.74 Å². The Balaban J connectivity index is 1.32. The Bertz CT molecular complexity index is 688. The summed E-state index contributed by atoms with van der Waals surface area (Å²) in [7, 11) is 0. The fourth-order valence-electron chi connectivity index (χ4n) is 4.17. The Kier molecular flexibility index (Phi) is 4.72. The second kappa shape index (κ2) is 7.14. The van der Waals surface area contributed by atoms with Crippen molar-refractivity contribution in [1.29, 1.82) is 0 Å². The van der Waals surface area contributed by atoms with Crippen molar-refractivity contribution in [2.24, 2.45) is 5.92 Å². The molecule has 6 heteroatoms. The molecule has 0 amide bonds. The van der Waals surface area contributed by atoms with Gasteiger partial charge in [0.25, 0.3) is 0 Å². The average molecular weight is 341 g/mol. The average Bonchev–Trinajstić information content (AvgIpc) is 3.21. The van der Waals surface area contributed by atoms with Gasteiger partial charge in [-0.2, -0.15) is 0 Å². The van der Waals surface area contributed by atoms with Crippen molar-refractivity contribution in [3.8, 4) is 0 Å².